The number of aromatic nitrogens is 2. The topological polar surface area (TPSA) is 56.1 Å². The molecular formula is C16H21N3O2S. The standard InChI is InChI=1S/C16H21N3O2S/c1-11(14-6-4-8-22-14)16(20)18-13-5-3-7-21-15(13)12-9-17-19(2)10-12/h4,6,8-11,13,15H,3,5,7H2,1-2H3,(H,18,20)/t11-,13+,15-/m1/s1. The van der Waals surface area contributed by atoms with Crippen molar-refractivity contribution < 1.29 is 9.53 Å². The van der Waals surface area contributed by atoms with Gasteiger partial charge in [0.2, 0.25) is 5.91 Å². The molecule has 1 aliphatic rings. The molecular weight excluding hydrogens is 298 g/mol. The fourth-order valence-corrected chi connectivity index (χ4v) is 3.60. The maximum absolute atomic E-state index is 12.5. The highest BCUT2D eigenvalue weighted by Gasteiger charge is 2.31. The van der Waals surface area contributed by atoms with E-state index in [9.17, 15) is 4.79 Å². The minimum atomic E-state index is -0.128. The molecule has 2 aromatic rings. The monoisotopic (exact) mass is 319 g/mol. The summed E-state index contributed by atoms with van der Waals surface area (Å²) in [5, 5.41) is 9.38. The van der Waals surface area contributed by atoms with Crippen molar-refractivity contribution in [3.63, 3.8) is 0 Å². The summed E-state index contributed by atoms with van der Waals surface area (Å²) in [4.78, 5) is 13.6. The predicted molar refractivity (Wildman–Crippen MR) is 85.8 cm³/mol. The molecule has 3 atom stereocenters. The van der Waals surface area contributed by atoms with Crippen LogP contribution in [-0.4, -0.2) is 28.3 Å². The molecule has 1 amide bonds. The molecule has 2 aromatic heterocycles. The Morgan fingerprint density at radius 2 is 2.45 bits per heavy atom. The Bertz CT molecular complexity index is 623. The van der Waals surface area contributed by atoms with E-state index in [0.29, 0.717) is 0 Å². The van der Waals surface area contributed by atoms with Crippen molar-refractivity contribution in [2.45, 2.75) is 37.8 Å². The van der Waals surface area contributed by atoms with E-state index in [1.165, 1.54) is 0 Å². The van der Waals surface area contributed by atoms with Gasteiger partial charge in [-0.15, -0.1) is 11.3 Å². The number of hydrogen-bond donors (Lipinski definition) is 1. The molecule has 0 unspecified atom stereocenters. The van der Waals surface area contributed by atoms with Crippen molar-refractivity contribution in [2.75, 3.05) is 6.61 Å². The van der Waals surface area contributed by atoms with Crippen LogP contribution in [0.5, 0.6) is 0 Å². The fraction of sp³-hybridized carbons (Fsp3) is 0.500. The zero-order chi connectivity index (χ0) is 15.5. The van der Waals surface area contributed by atoms with E-state index in [-0.39, 0.29) is 24.0 Å². The smallest absolute Gasteiger partial charge is 0.228 e. The molecule has 3 rings (SSSR count). The summed E-state index contributed by atoms with van der Waals surface area (Å²) in [6.45, 7) is 2.68. The highest BCUT2D eigenvalue weighted by atomic mass is 32.1. The van der Waals surface area contributed by atoms with Crippen LogP contribution < -0.4 is 5.32 Å². The number of carbonyl (C=O) groups excluding carboxylic acids is 1. The lowest BCUT2D eigenvalue weighted by molar-refractivity contribution is -0.125. The summed E-state index contributed by atoms with van der Waals surface area (Å²) in [5.74, 6) is -0.0664. The Labute approximate surface area is 134 Å². The molecule has 0 aliphatic carbocycles. The molecule has 1 aliphatic heterocycles. The minimum Gasteiger partial charge on any atom is -0.371 e. The summed E-state index contributed by atoms with van der Waals surface area (Å²) < 4.78 is 7.66. The Hall–Kier alpha value is -1.66. The molecule has 1 fully saturated rings. The van der Waals surface area contributed by atoms with Crippen LogP contribution >= 0.6 is 11.3 Å². The predicted octanol–water partition coefficient (Wildman–Crippen LogP) is 2.62. The third kappa shape index (κ3) is 3.23. The first-order valence-electron chi connectivity index (χ1n) is 7.59. The van der Waals surface area contributed by atoms with Gasteiger partial charge in [-0.1, -0.05) is 6.07 Å². The average molecular weight is 319 g/mol. The molecule has 118 valence electrons. The highest BCUT2D eigenvalue weighted by Crippen LogP contribution is 2.29. The van der Waals surface area contributed by atoms with Crippen LogP contribution in [0.25, 0.3) is 0 Å². The van der Waals surface area contributed by atoms with Crippen molar-refractivity contribution >= 4 is 17.2 Å². The number of carbonyl (C=O) groups is 1. The van der Waals surface area contributed by atoms with Crippen molar-refractivity contribution in [1.29, 1.82) is 0 Å². The Morgan fingerprint density at radius 1 is 1.59 bits per heavy atom. The maximum atomic E-state index is 12.5. The second-order valence-electron chi connectivity index (χ2n) is 5.73. The highest BCUT2D eigenvalue weighted by molar-refractivity contribution is 7.10. The lowest BCUT2D eigenvalue weighted by atomic mass is 9.97. The van der Waals surface area contributed by atoms with E-state index < -0.39 is 0 Å². The zero-order valence-corrected chi connectivity index (χ0v) is 13.7. The largest absolute Gasteiger partial charge is 0.371 e. The van der Waals surface area contributed by atoms with Crippen molar-refractivity contribution in [1.82, 2.24) is 15.1 Å². The maximum Gasteiger partial charge on any atom is 0.228 e. The molecule has 3 heterocycles. The van der Waals surface area contributed by atoms with Gasteiger partial charge in [-0.05, 0) is 31.2 Å². The van der Waals surface area contributed by atoms with Gasteiger partial charge in [0.25, 0.3) is 0 Å². The first-order valence-corrected chi connectivity index (χ1v) is 8.47. The first-order chi connectivity index (χ1) is 10.6. The number of nitrogens with zero attached hydrogens (tertiary/aromatic N) is 2. The Kier molecular flexibility index (Phi) is 4.59. The van der Waals surface area contributed by atoms with Gasteiger partial charge in [0, 0.05) is 30.3 Å². The molecule has 1 N–H and O–H groups in total. The van der Waals surface area contributed by atoms with Crippen LogP contribution in [-0.2, 0) is 16.6 Å². The van der Waals surface area contributed by atoms with Crippen molar-refractivity contribution in [3.05, 3.63) is 40.3 Å². The summed E-state index contributed by atoms with van der Waals surface area (Å²) in [7, 11) is 1.89. The molecule has 1 saturated heterocycles. The second kappa shape index (κ2) is 6.62. The number of amides is 1. The van der Waals surface area contributed by atoms with Gasteiger partial charge < -0.3 is 10.1 Å². The van der Waals surface area contributed by atoms with Crippen LogP contribution in [0.2, 0.25) is 0 Å². The van der Waals surface area contributed by atoms with Crippen LogP contribution in [0.4, 0.5) is 0 Å². The molecule has 0 spiro atoms. The van der Waals surface area contributed by atoms with Gasteiger partial charge in [-0.2, -0.15) is 5.10 Å². The van der Waals surface area contributed by atoms with E-state index in [1.807, 2.05) is 43.9 Å². The molecule has 0 saturated carbocycles. The SMILES string of the molecule is C[C@@H](C(=O)N[C@H]1CCCO[C@@H]1c1cnn(C)c1)c1cccs1. The van der Waals surface area contributed by atoms with Crippen LogP contribution in [0, 0.1) is 0 Å². The number of ether oxygens (including phenoxy) is 1. The van der Waals surface area contributed by atoms with Gasteiger partial charge in [0.1, 0.15) is 6.10 Å². The van der Waals surface area contributed by atoms with Gasteiger partial charge in [0.05, 0.1) is 18.2 Å². The van der Waals surface area contributed by atoms with E-state index in [1.54, 1.807) is 16.0 Å². The molecule has 5 nitrogen and oxygen atoms in total. The zero-order valence-electron chi connectivity index (χ0n) is 12.9. The fourth-order valence-electron chi connectivity index (χ4n) is 2.82. The first kappa shape index (κ1) is 15.2. The number of rotatable bonds is 4. The molecule has 0 bridgehead atoms. The third-order valence-electron chi connectivity index (χ3n) is 4.07. The van der Waals surface area contributed by atoms with E-state index in [0.717, 1.165) is 29.9 Å². The van der Waals surface area contributed by atoms with E-state index >= 15 is 0 Å². The number of hydrogen-bond acceptors (Lipinski definition) is 4. The van der Waals surface area contributed by atoms with Crippen molar-refractivity contribution in [2.24, 2.45) is 7.05 Å². The van der Waals surface area contributed by atoms with Gasteiger partial charge in [-0.3, -0.25) is 9.48 Å². The number of nitrogens with one attached hydrogen (secondary N) is 1. The third-order valence-corrected chi connectivity index (χ3v) is 5.12. The second-order valence-corrected chi connectivity index (χ2v) is 6.71. The lowest BCUT2D eigenvalue weighted by Crippen LogP contribution is -2.44. The normalized spacial score (nSPS) is 23.2. The van der Waals surface area contributed by atoms with Crippen LogP contribution in [0.1, 0.15) is 42.2 Å². The van der Waals surface area contributed by atoms with Crippen LogP contribution in [0.3, 0.4) is 0 Å². The summed E-state index contributed by atoms with van der Waals surface area (Å²) >= 11 is 1.62. The molecule has 22 heavy (non-hydrogen) atoms. The quantitative estimate of drug-likeness (QED) is 0.942. The van der Waals surface area contributed by atoms with E-state index in [4.69, 9.17) is 4.74 Å². The van der Waals surface area contributed by atoms with Gasteiger partial charge in [0.15, 0.2) is 0 Å². The minimum absolute atomic E-state index is 0.00728. The number of aryl methyl sites for hydroxylation is 1. The van der Waals surface area contributed by atoms with Crippen molar-refractivity contribution in [3.8, 4) is 0 Å². The van der Waals surface area contributed by atoms with Gasteiger partial charge in [-0.25, -0.2) is 0 Å². The molecule has 0 radical (unpaired) electrons. The number of thiophene rings is 1. The Balaban J connectivity index is 1.70. The summed E-state index contributed by atoms with van der Waals surface area (Å²) in [5.41, 5.74) is 1.02. The molecule has 6 heteroatoms. The summed E-state index contributed by atoms with van der Waals surface area (Å²) in [6, 6.07) is 3.99. The van der Waals surface area contributed by atoms with E-state index in [2.05, 4.69) is 10.4 Å². The average Bonchev–Trinajstić information content (AvgIpc) is 3.18. The molecule has 0 aromatic carbocycles. The Morgan fingerprint density at radius 3 is 3.14 bits per heavy atom. The van der Waals surface area contributed by atoms with Gasteiger partial charge >= 0.3 is 0 Å². The summed E-state index contributed by atoms with van der Waals surface area (Å²) in [6.07, 6.45) is 5.56. The van der Waals surface area contributed by atoms with Crippen LogP contribution in [0.15, 0.2) is 29.9 Å². The lowest BCUT2D eigenvalue weighted by Gasteiger charge is -2.32.